The van der Waals surface area contributed by atoms with Gasteiger partial charge in [-0.05, 0) is 55.4 Å². The third kappa shape index (κ3) is 4.40. The predicted molar refractivity (Wildman–Crippen MR) is 78.5 cm³/mol. The normalized spacial score (nSPS) is 12.6. The van der Waals surface area contributed by atoms with Crippen LogP contribution in [-0.4, -0.2) is 23.5 Å². The number of nitrogens with two attached hydrogens (primary N) is 1. The van der Waals surface area contributed by atoms with E-state index in [1.807, 2.05) is 12.1 Å². The van der Waals surface area contributed by atoms with Crippen LogP contribution in [0.25, 0.3) is 0 Å². The molecule has 1 aromatic heterocycles. The summed E-state index contributed by atoms with van der Waals surface area (Å²) in [6, 6.07) is 10.4. The van der Waals surface area contributed by atoms with Crippen LogP contribution in [-0.2, 0) is 6.54 Å². The first-order chi connectivity index (χ1) is 9.65. The molecular weight excluding hydrogens is 253 g/mol. The third-order valence-electron chi connectivity index (χ3n) is 3.32. The second kappa shape index (κ2) is 7.12. The van der Waals surface area contributed by atoms with E-state index in [-0.39, 0.29) is 11.9 Å². The molecule has 0 spiro atoms. The molecule has 2 N–H and O–H groups in total. The fraction of sp³-hybridized carbons (Fsp3) is 0.312. The van der Waals surface area contributed by atoms with Crippen molar-refractivity contribution in [3.05, 3.63) is 65.7 Å². The van der Waals surface area contributed by atoms with E-state index in [0.29, 0.717) is 0 Å². The molecule has 0 fully saturated rings. The number of nitrogens with zero attached hydrogens (tertiary/aromatic N) is 2. The average Bonchev–Trinajstić information content (AvgIpc) is 2.46. The van der Waals surface area contributed by atoms with Gasteiger partial charge in [0, 0.05) is 25.0 Å². The van der Waals surface area contributed by atoms with Crippen LogP contribution in [0.4, 0.5) is 4.39 Å². The molecule has 0 radical (unpaired) electrons. The van der Waals surface area contributed by atoms with Gasteiger partial charge < -0.3 is 10.6 Å². The summed E-state index contributed by atoms with van der Waals surface area (Å²) in [5.41, 5.74) is 8.34. The Bertz CT molecular complexity index is 513. The zero-order valence-corrected chi connectivity index (χ0v) is 11.7. The zero-order valence-electron chi connectivity index (χ0n) is 11.7. The molecule has 20 heavy (non-hydrogen) atoms. The maximum Gasteiger partial charge on any atom is 0.123 e. The van der Waals surface area contributed by atoms with Crippen molar-refractivity contribution in [3.63, 3.8) is 0 Å². The van der Waals surface area contributed by atoms with Crippen molar-refractivity contribution in [2.75, 3.05) is 13.6 Å². The van der Waals surface area contributed by atoms with Gasteiger partial charge in [0.1, 0.15) is 5.82 Å². The quantitative estimate of drug-likeness (QED) is 0.880. The van der Waals surface area contributed by atoms with Gasteiger partial charge in [0.15, 0.2) is 0 Å². The van der Waals surface area contributed by atoms with Gasteiger partial charge in [-0.2, -0.15) is 0 Å². The highest BCUT2D eigenvalue weighted by Gasteiger charge is 2.08. The molecule has 0 aliphatic heterocycles. The lowest BCUT2D eigenvalue weighted by Gasteiger charge is -2.19. The number of halogens is 1. The van der Waals surface area contributed by atoms with Crippen molar-refractivity contribution < 1.29 is 4.39 Å². The van der Waals surface area contributed by atoms with Gasteiger partial charge in [-0.15, -0.1) is 0 Å². The standard InChI is InChI=1S/C16H20FN3/c1-20(12-13-6-9-19-10-7-13)11-8-16(18)14-2-4-15(17)5-3-14/h2-7,9-10,16H,8,11-12,18H2,1H3. The predicted octanol–water partition coefficient (Wildman–Crippen LogP) is 2.74. The molecule has 3 nitrogen and oxygen atoms in total. The van der Waals surface area contributed by atoms with Gasteiger partial charge in [0.05, 0.1) is 0 Å². The highest BCUT2D eigenvalue weighted by Crippen LogP contribution is 2.15. The van der Waals surface area contributed by atoms with Crippen LogP contribution in [0.3, 0.4) is 0 Å². The molecule has 1 atom stereocenters. The number of rotatable bonds is 6. The van der Waals surface area contributed by atoms with Crippen molar-refractivity contribution >= 4 is 0 Å². The molecule has 0 amide bonds. The van der Waals surface area contributed by atoms with Crippen molar-refractivity contribution in [1.82, 2.24) is 9.88 Å². The Balaban J connectivity index is 1.81. The number of hydrogen-bond acceptors (Lipinski definition) is 3. The van der Waals surface area contributed by atoms with Crippen LogP contribution < -0.4 is 5.73 Å². The average molecular weight is 273 g/mol. The fourth-order valence-corrected chi connectivity index (χ4v) is 2.12. The van der Waals surface area contributed by atoms with Crippen molar-refractivity contribution in [2.24, 2.45) is 5.73 Å². The summed E-state index contributed by atoms with van der Waals surface area (Å²) < 4.78 is 12.9. The van der Waals surface area contributed by atoms with Crippen LogP contribution in [0.15, 0.2) is 48.8 Å². The molecule has 1 aromatic carbocycles. The Morgan fingerprint density at radius 1 is 1.15 bits per heavy atom. The lowest BCUT2D eigenvalue weighted by molar-refractivity contribution is 0.311. The third-order valence-corrected chi connectivity index (χ3v) is 3.32. The Morgan fingerprint density at radius 2 is 1.80 bits per heavy atom. The molecule has 0 aliphatic carbocycles. The minimum atomic E-state index is -0.226. The first kappa shape index (κ1) is 14.6. The first-order valence-electron chi connectivity index (χ1n) is 6.73. The van der Waals surface area contributed by atoms with E-state index >= 15 is 0 Å². The van der Waals surface area contributed by atoms with E-state index < -0.39 is 0 Å². The van der Waals surface area contributed by atoms with Gasteiger partial charge in [-0.25, -0.2) is 4.39 Å². The first-order valence-corrected chi connectivity index (χ1v) is 6.73. The largest absolute Gasteiger partial charge is 0.324 e. The van der Waals surface area contributed by atoms with Crippen molar-refractivity contribution in [2.45, 2.75) is 19.0 Å². The van der Waals surface area contributed by atoms with E-state index in [2.05, 4.69) is 16.9 Å². The monoisotopic (exact) mass is 273 g/mol. The van der Waals surface area contributed by atoms with Crippen LogP contribution in [0.2, 0.25) is 0 Å². The Hall–Kier alpha value is -1.78. The lowest BCUT2D eigenvalue weighted by Crippen LogP contribution is -2.23. The van der Waals surface area contributed by atoms with Crippen molar-refractivity contribution in [3.8, 4) is 0 Å². The van der Waals surface area contributed by atoms with E-state index in [1.54, 1.807) is 24.5 Å². The summed E-state index contributed by atoms with van der Waals surface area (Å²) in [6.07, 6.45) is 4.44. The number of aromatic nitrogens is 1. The smallest absolute Gasteiger partial charge is 0.123 e. The second-order valence-electron chi connectivity index (χ2n) is 5.04. The molecule has 4 heteroatoms. The number of benzene rings is 1. The maximum atomic E-state index is 12.9. The molecule has 106 valence electrons. The topological polar surface area (TPSA) is 42.1 Å². The van der Waals surface area contributed by atoms with E-state index in [4.69, 9.17) is 5.73 Å². The molecule has 1 heterocycles. The van der Waals surface area contributed by atoms with Gasteiger partial charge in [0.25, 0.3) is 0 Å². The zero-order chi connectivity index (χ0) is 14.4. The molecule has 0 saturated carbocycles. The highest BCUT2D eigenvalue weighted by molar-refractivity contribution is 5.19. The molecule has 2 aromatic rings. The number of hydrogen-bond donors (Lipinski definition) is 1. The van der Waals surface area contributed by atoms with Crippen LogP contribution in [0.1, 0.15) is 23.6 Å². The van der Waals surface area contributed by atoms with Crippen molar-refractivity contribution in [1.29, 1.82) is 0 Å². The summed E-state index contributed by atoms with van der Waals surface area (Å²) >= 11 is 0. The molecule has 2 rings (SSSR count). The minimum absolute atomic E-state index is 0.0597. The van der Waals surface area contributed by atoms with Gasteiger partial charge >= 0.3 is 0 Å². The molecular formula is C16H20FN3. The van der Waals surface area contributed by atoms with Crippen LogP contribution in [0, 0.1) is 5.82 Å². The molecule has 0 bridgehead atoms. The van der Waals surface area contributed by atoms with E-state index in [9.17, 15) is 4.39 Å². The number of pyridine rings is 1. The van der Waals surface area contributed by atoms with Crippen LogP contribution in [0.5, 0.6) is 0 Å². The SMILES string of the molecule is CN(CCC(N)c1ccc(F)cc1)Cc1ccncc1. The highest BCUT2D eigenvalue weighted by atomic mass is 19.1. The molecule has 0 saturated heterocycles. The summed E-state index contributed by atoms with van der Waals surface area (Å²) in [5, 5.41) is 0. The summed E-state index contributed by atoms with van der Waals surface area (Å²) in [7, 11) is 2.07. The Labute approximate surface area is 119 Å². The van der Waals surface area contributed by atoms with E-state index in [0.717, 1.165) is 25.1 Å². The lowest BCUT2D eigenvalue weighted by atomic mass is 10.0. The van der Waals surface area contributed by atoms with E-state index in [1.165, 1.54) is 17.7 Å². The summed E-state index contributed by atoms with van der Waals surface area (Å²) in [4.78, 5) is 6.23. The minimum Gasteiger partial charge on any atom is -0.324 e. The maximum absolute atomic E-state index is 12.9. The Kier molecular flexibility index (Phi) is 5.21. The second-order valence-corrected chi connectivity index (χ2v) is 5.04. The summed E-state index contributed by atoms with van der Waals surface area (Å²) in [5.74, 6) is -0.226. The molecule has 1 unspecified atom stereocenters. The molecule has 0 aliphatic rings. The van der Waals surface area contributed by atoms with Gasteiger partial charge in [-0.3, -0.25) is 4.98 Å². The Morgan fingerprint density at radius 3 is 2.45 bits per heavy atom. The van der Waals surface area contributed by atoms with Crippen LogP contribution >= 0.6 is 0 Å². The fourth-order valence-electron chi connectivity index (χ4n) is 2.12. The summed E-state index contributed by atoms with van der Waals surface area (Å²) in [6.45, 7) is 1.76. The van der Waals surface area contributed by atoms with Gasteiger partial charge in [-0.1, -0.05) is 12.1 Å². The van der Waals surface area contributed by atoms with Gasteiger partial charge in [0.2, 0.25) is 0 Å².